The van der Waals surface area contributed by atoms with Gasteiger partial charge in [-0.25, -0.2) is 0 Å². The zero-order valence-electron chi connectivity index (χ0n) is 41.4. The van der Waals surface area contributed by atoms with Gasteiger partial charge in [-0.2, -0.15) is 0 Å². The van der Waals surface area contributed by atoms with Crippen molar-refractivity contribution in [3.05, 3.63) is 36.4 Å². The summed E-state index contributed by atoms with van der Waals surface area (Å²) in [4.78, 5) is 3.90. The van der Waals surface area contributed by atoms with Crippen molar-refractivity contribution in [3.8, 4) is 0 Å². The molecule has 0 aromatic carbocycles. The first kappa shape index (κ1) is 57.9. The first-order valence-corrected chi connectivity index (χ1v) is 26.9. The Labute approximate surface area is 377 Å². The molecule has 59 heavy (non-hydrogen) atoms. The zero-order valence-corrected chi connectivity index (χ0v) is 42.2. The highest BCUT2D eigenvalue weighted by atomic mass is 32.1. The quantitative estimate of drug-likeness (QED) is 0.0370. The molecular formula is C55H106N2OS. The van der Waals surface area contributed by atoms with Gasteiger partial charge in [-0.15, -0.1) is 0 Å². The molecule has 0 saturated heterocycles. The third kappa shape index (κ3) is 40.7. The molecular weight excluding hydrogens is 737 g/mol. The van der Waals surface area contributed by atoms with Gasteiger partial charge in [0.2, 0.25) is 0 Å². The number of hydrogen-bond donors (Lipinski definition) is 0. The van der Waals surface area contributed by atoms with Gasteiger partial charge < -0.3 is 14.2 Å². The van der Waals surface area contributed by atoms with E-state index in [9.17, 15) is 0 Å². The van der Waals surface area contributed by atoms with E-state index in [0.29, 0.717) is 6.10 Å². The van der Waals surface area contributed by atoms with Gasteiger partial charge in [0.1, 0.15) is 0 Å². The van der Waals surface area contributed by atoms with Crippen LogP contribution in [0.3, 0.4) is 0 Å². The molecule has 0 bridgehead atoms. The second-order valence-electron chi connectivity index (χ2n) is 18.7. The average Bonchev–Trinajstić information content (AvgIpc) is 3.64. The topological polar surface area (TPSA) is 17.4 Å². The van der Waals surface area contributed by atoms with Gasteiger partial charge in [0, 0.05) is 24.9 Å². The smallest absolute Gasteiger partial charge is 0.0979 e. The highest BCUT2D eigenvalue weighted by Crippen LogP contribution is 2.20. The second-order valence-corrected chi connectivity index (χ2v) is 19.4. The van der Waals surface area contributed by atoms with Crippen LogP contribution in [0.1, 0.15) is 272 Å². The number of nitrogens with zero attached hydrogens (tertiary/aromatic N) is 2. The summed E-state index contributed by atoms with van der Waals surface area (Å²) >= 11 is 5.22. The van der Waals surface area contributed by atoms with Gasteiger partial charge in [-0.05, 0) is 114 Å². The van der Waals surface area contributed by atoms with Gasteiger partial charge in [0.05, 0.1) is 11.9 Å². The number of ether oxygens (including phenoxy) is 1. The van der Waals surface area contributed by atoms with Crippen LogP contribution in [0.4, 0.5) is 0 Å². The summed E-state index contributed by atoms with van der Waals surface area (Å²) in [6, 6.07) is 4.38. The molecule has 0 N–H and O–H groups in total. The molecule has 3 nitrogen and oxygen atoms in total. The Morgan fingerprint density at radius 3 is 1.47 bits per heavy atom. The van der Waals surface area contributed by atoms with Gasteiger partial charge in [0.25, 0.3) is 0 Å². The van der Waals surface area contributed by atoms with Crippen LogP contribution in [-0.4, -0.2) is 40.1 Å². The van der Waals surface area contributed by atoms with Crippen molar-refractivity contribution in [2.75, 3.05) is 19.6 Å². The van der Waals surface area contributed by atoms with Crippen LogP contribution in [-0.2, 0) is 11.3 Å². The Bertz CT molecular complexity index is 1000. The van der Waals surface area contributed by atoms with Crippen molar-refractivity contribution in [1.29, 1.82) is 0 Å². The molecule has 4 heteroatoms. The van der Waals surface area contributed by atoms with E-state index < -0.39 is 0 Å². The lowest BCUT2D eigenvalue weighted by Gasteiger charge is -2.23. The third-order valence-electron chi connectivity index (χ3n) is 12.6. The minimum absolute atomic E-state index is 0.371. The lowest BCUT2D eigenvalue weighted by Crippen LogP contribution is -2.28. The Morgan fingerprint density at radius 2 is 1.02 bits per heavy atom. The molecule has 0 spiro atoms. The van der Waals surface area contributed by atoms with E-state index in [1.54, 1.807) is 0 Å². The monoisotopic (exact) mass is 843 g/mol. The highest BCUT2D eigenvalue weighted by molar-refractivity contribution is 7.80. The number of hydrogen-bond acceptors (Lipinski definition) is 3. The molecule has 1 atom stereocenters. The normalized spacial score (nSPS) is 11.9. The predicted molar refractivity (Wildman–Crippen MR) is 271 cm³/mol. The van der Waals surface area contributed by atoms with Crippen molar-refractivity contribution in [1.82, 2.24) is 9.47 Å². The first-order chi connectivity index (χ1) is 28.8. The Balaban J connectivity index is 0.00000156. The average molecular weight is 844 g/mol. The number of aromatic nitrogens is 1. The van der Waals surface area contributed by atoms with Crippen molar-refractivity contribution >= 4 is 17.1 Å². The van der Waals surface area contributed by atoms with Crippen molar-refractivity contribution < 1.29 is 4.74 Å². The maximum atomic E-state index is 6.23. The molecule has 0 aliphatic rings. The minimum atomic E-state index is 0.371. The van der Waals surface area contributed by atoms with E-state index >= 15 is 0 Å². The van der Waals surface area contributed by atoms with Crippen LogP contribution in [0.15, 0.2) is 30.7 Å². The molecule has 1 aromatic rings. The molecule has 1 heterocycles. The molecule has 0 saturated carbocycles. The largest absolute Gasteiger partial charge is 0.495 e. The standard InChI is InChI=1S/C37H68N2OS.C18H38/c1-6-8-9-10-15-20-28-37(7-2)40-35(4)26-18-13-11-16-21-29-38(30-22-17-12-14-19-27-36(5)41)31-24-33-39-32-23-25-34(39)3;1-4-6-8-10-12-14-16-18(3)17-15-13-11-9-7-5-2/h23,25,32,37H,4,6-22,24,26-31,33H2,1-3,5H3;18H,4-17H2,1-3H3. The second kappa shape index (κ2) is 44.9. The fraction of sp³-hybridized carbons (Fsp3) is 0.873. The minimum Gasteiger partial charge on any atom is -0.495 e. The van der Waals surface area contributed by atoms with E-state index in [1.807, 2.05) is 0 Å². The predicted octanol–water partition coefficient (Wildman–Crippen LogP) is 18.7. The van der Waals surface area contributed by atoms with Crippen molar-refractivity contribution in [3.63, 3.8) is 0 Å². The Kier molecular flexibility index (Phi) is 44.1. The number of allylic oxidation sites excluding steroid dienone is 1. The summed E-state index contributed by atoms with van der Waals surface area (Å²) in [6.45, 7) is 25.0. The van der Waals surface area contributed by atoms with E-state index in [4.69, 9.17) is 17.0 Å². The summed E-state index contributed by atoms with van der Waals surface area (Å²) in [5.74, 6) is 1.99. The van der Waals surface area contributed by atoms with Crippen LogP contribution < -0.4 is 0 Å². The summed E-state index contributed by atoms with van der Waals surface area (Å²) in [5, 5.41) is 0. The molecule has 348 valence electrons. The number of unbranched alkanes of at least 4 members (excludes halogenated alkanes) is 23. The van der Waals surface area contributed by atoms with Crippen LogP contribution in [0.2, 0.25) is 0 Å². The van der Waals surface area contributed by atoms with Crippen LogP contribution in [0, 0.1) is 12.8 Å². The number of aryl methyl sites for hydroxylation is 2. The Hall–Kier alpha value is -1.13. The number of rotatable bonds is 44. The Morgan fingerprint density at radius 1 is 0.593 bits per heavy atom. The van der Waals surface area contributed by atoms with Crippen LogP contribution in [0.25, 0.3) is 0 Å². The van der Waals surface area contributed by atoms with Gasteiger partial charge in [-0.3, -0.25) is 0 Å². The molecule has 1 unspecified atom stereocenters. The molecule has 0 amide bonds. The number of thiocarbonyl (C=S) groups is 1. The molecule has 1 aromatic heterocycles. The van der Waals surface area contributed by atoms with Gasteiger partial charge >= 0.3 is 0 Å². The fourth-order valence-corrected chi connectivity index (χ4v) is 8.61. The summed E-state index contributed by atoms with van der Waals surface area (Å²) < 4.78 is 8.62. The van der Waals surface area contributed by atoms with Crippen molar-refractivity contribution in [2.45, 2.75) is 286 Å². The van der Waals surface area contributed by atoms with E-state index in [0.717, 1.165) is 42.3 Å². The highest BCUT2D eigenvalue weighted by Gasteiger charge is 2.10. The fourth-order valence-electron chi connectivity index (χ4n) is 8.46. The lowest BCUT2D eigenvalue weighted by molar-refractivity contribution is 0.0960. The molecule has 1 rings (SSSR count). The van der Waals surface area contributed by atoms with Crippen LogP contribution in [0.5, 0.6) is 0 Å². The maximum Gasteiger partial charge on any atom is 0.0979 e. The van der Waals surface area contributed by atoms with E-state index in [1.165, 1.54) is 231 Å². The zero-order chi connectivity index (χ0) is 43.4. The van der Waals surface area contributed by atoms with Crippen LogP contribution >= 0.6 is 12.2 Å². The molecule has 0 fully saturated rings. The SMILES string of the molecule is C=C(CCCCCCCN(CCCCCCCC(C)=S)CCCn1cccc1C)OC(CC)CCCCCCCC.CCCCCCCCC(C)CCCCCCCC. The third-order valence-corrected chi connectivity index (χ3v) is 12.8. The first-order valence-electron chi connectivity index (χ1n) is 26.4. The summed E-state index contributed by atoms with van der Waals surface area (Å²) in [7, 11) is 0. The van der Waals surface area contributed by atoms with Gasteiger partial charge in [-0.1, -0.05) is 214 Å². The summed E-state index contributed by atoms with van der Waals surface area (Å²) in [5.41, 5.74) is 1.37. The van der Waals surface area contributed by atoms with Gasteiger partial charge in [0.15, 0.2) is 0 Å². The van der Waals surface area contributed by atoms with Crippen molar-refractivity contribution in [2.24, 2.45) is 5.92 Å². The van der Waals surface area contributed by atoms with E-state index in [2.05, 4.69) is 82.8 Å². The maximum absolute atomic E-state index is 6.23. The lowest BCUT2D eigenvalue weighted by atomic mass is 9.96. The molecule has 0 radical (unpaired) electrons. The summed E-state index contributed by atoms with van der Waals surface area (Å²) in [6.07, 6.45) is 49.9. The molecule has 0 aliphatic heterocycles. The van der Waals surface area contributed by atoms with E-state index in [-0.39, 0.29) is 0 Å². The molecule has 0 aliphatic carbocycles.